The van der Waals surface area contributed by atoms with Crippen molar-refractivity contribution in [3.05, 3.63) is 104 Å². The van der Waals surface area contributed by atoms with Gasteiger partial charge in [-0.3, -0.25) is 9.59 Å². The molecule has 1 atom stereocenters. The van der Waals surface area contributed by atoms with Crippen LogP contribution in [-0.4, -0.2) is 28.8 Å². The molecule has 0 heterocycles. The third-order valence-electron chi connectivity index (χ3n) is 6.60. The molecule has 1 N–H and O–H groups in total. The molecule has 1 saturated carbocycles. The maximum absolute atomic E-state index is 13.8. The number of carbonyl (C=O) groups excluding carboxylic acids is 2. The van der Waals surface area contributed by atoms with Crippen LogP contribution in [-0.2, 0) is 29.0 Å². The van der Waals surface area contributed by atoms with Crippen molar-refractivity contribution in [2.45, 2.75) is 57.2 Å². The largest absolute Gasteiger partial charge is 0.352 e. The highest BCUT2D eigenvalue weighted by atomic mass is 79.9. The lowest BCUT2D eigenvalue weighted by Crippen LogP contribution is -2.52. The molecule has 1 aliphatic rings. The van der Waals surface area contributed by atoms with Crippen LogP contribution in [0.25, 0.3) is 0 Å². The first-order valence-corrected chi connectivity index (χ1v) is 13.8. The summed E-state index contributed by atoms with van der Waals surface area (Å²) < 4.78 is 0.955. The van der Waals surface area contributed by atoms with Crippen molar-refractivity contribution in [1.29, 1.82) is 0 Å². The van der Waals surface area contributed by atoms with E-state index >= 15 is 0 Å². The lowest BCUT2D eigenvalue weighted by Gasteiger charge is -2.32. The predicted molar refractivity (Wildman–Crippen MR) is 149 cm³/mol. The first-order valence-electron chi connectivity index (χ1n) is 12.2. The Labute approximate surface area is 231 Å². The summed E-state index contributed by atoms with van der Waals surface area (Å²) in [7, 11) is 0. The Bertz CT molecular complexity index is 1180. The van der Waals surface area contributed by atoms with Gasteiger partial charge < -0.3 is 10.2 Å². The standard InChI is InChI=1S/C29H29BrCl2N2O2/c30-23-13-10-21(11-14-23)19-34(28(35)17-22-12-15-24(31)18-26(22)32)27(16-20-6-2-1-3-7-20)29(36)33-25-8-4-5-9-25/h1-3,6-7,10-15,18,25,27H,4-5,8-9,16-17,19H2,(H,33,36)/t27-/m1/s1. The van der Waals surface area contributed by atoms with E-state index in [0.717, 1.165) is 41.3 Å². The van der Waals surface area contributed by atoms with Crippen LogP contribution in [0, 0.1) is 0 Å². The van der Waals surface area contributed by atoms with E-state index in [1.54, 1.807) is 23.1 Å². The summed E-state index contributed by atoms with van der Waals surface area (Å²) in [6.07, 6.45) is 4.69. The lowest BCUT2D eigenvalue weighted by atomic mass is 10.0. The highest BCUT2D eigenvalue weighted by Gasteiger charge is 2.32. The fourth-order valence-corrected chi connectivity index (χ4v) is 5.38. The van der Waals surface area contributed by atoms with Crippen molar-refractivity contribution < 1.29 is 9.59 Å². The van der Waals surface area contributed by atoms with Gasteiger partial charge >= 0.3 is 0 Å². The Hall–Kier alpha value is -2.34. The number of amides is 2. The number of benzene rings is 3. The monoisotopic (exact) mass is 586 g/mol. The minimum absolute atomic E-state index is 0.0779. The number of hydrogen-bond acceptors (Lipinski definition) is 2. The molecule has 0 saturated heterocycles. The van der Waals surface area contributed by atoms with Gasteiger partial charge in [0, 0.05) is 33.5 Å². The summed E-state index contributed by atoms with van der Waals surface area (Å²) in [5, 5.41) is 4.18. The number of halogens is 3. The Morgan fingerprint density at radius 3 is 2.31 bits per heavy atom. The van der Waals surface area contributed by atoms with E-state index in [4.69, 9.17) is 23.2 Å². The van der Waals surface area contributed by atoms with Gasteiger partial charge in [-0.25, -0.2) is 0 Å². The van der Waals surface area contributed by atoms with Crippen LogP contribution in [0.3, 0.4) is 0 Å². The summed E-state index contributed by atoms with van der Waals surface area (Å²) in [6, 6.07) is 22.3. The minimum Gasteiger partial charge on any atom is -0.352 e. The van der Waals surface area contributed by atoms with Crippen LogP contribution in [0.4, 0.5) is 0 Å². The molecule has 3 aromatic carbocycles. The Balaban J connectivity index is 1.66. The summed E-state index contributed by atoms with van der Waals surface area (Å²) in [4.78, 5) is 29.2. The first kappa shape index (κ1) is 26.7. The Morgan fingerprint density at radius 2 is 1.64 bits per heavy atom. The van der Waals surface area contributed by atoms with Crippen molar-refractivity contribution in [2.24, 2.45) is 0 Å². The van der Waals surface area contributed by atoms with Gasteiger partial charge in [-0.15, -0.1) is 0 Å². The van der Waals surface area contributed by atoms with Crippen molar-refractivity contribution in [2.75, 3.05) is 0 Å². The van der Waals surface area contributed by atoms with Gasteiger partial charge in [0.1, 0.15) is 6.04 Å². The molecule has 36 heavy (non-hydrogen) atoms. The number of nitrogens with one attached hydrogen (secondary N) is 1. The first-order chi connectivity index (χ1) is 17.4. The van der Waals surface area contributed by atoms with Crippen LogP contribution < -0.4 is 5.32 Å². The molecule has 0 aliphatic heterocycles. The second-order valence-corrected chi connectivity index (χ2v) is 11.0. The highest BCUT2D eigenvalue weighted by Crippen LogP contribution is 2.24. The predicted octanol–water partition coefficient (Wildman–Crippen LogP) is 7.00. The highest BCUT2D eigenvalue weighted by molar-refractivity contribution is 9.10. The van der Waals surface area contributed by atoms with Gasteiger partial charge in [0.15, 0.2) is 0 Å². The van der Waals surface area contributed by atoms with E-state index in [1.165, 1.54) is 0 Å². The molecule has 1 aliphatic carbocycles. The van der Waals surface area contributed by atoms with Gasteiger partial charge in [-0.1, -0.05) is 101 Å². The second kappa shape index (κ2) is 12.8. The van der Waals surface area contributed by atoms with Gasteiger partial charge in [-0.2, -0.15) is 0 Å². The van der Waals surface area contributed by atoms with E-state index in [9.17, 15) is 9.59 Å². The summed E-state index contributed by atoms with van der Waals surface area (Å²) >= 11 is 15.9. The second-order valence-electron chi connectivity index (χ2n) is 9.26. The van der Waals surface area contributed by atoms with Crippen molar-refractivity contribution in [3.8, 4) is 0 Å². The normalized spacial score (nSPS) is 14.4. The summed E-state index contributed by atoms with van der Waals surface area (Å²) in [6.45, 7) is 0.312. The number of rotatable bonds is 9. The lowest BCUT2D eigenvalue weighted by molar-refractivity contribution is -0.141. The molecule has 0 radical (unpaired) electrons. The van der Waals surface area contributed by atoms with E-state index in [2.05, 4.69) is 21.2 Å². The number of nitrogens with zero attached hydrogens (tertiary/aromatic N) is 1. The summed E-state index contributed by atoms with van der Waals surface area (Å²) in [5.41, 5.74) is 2.63. The quantitative estimate of drug-likeness (QED) is 0.293. The molecule has 4 nitrogen and oxygen atoms in total. The minimum atomic E-state index is -0.657. The number of hydrogen-bond donors (Lipinski definition) is 1. The zero-order valence-electron chi connectivity index (χ0n) is 19.9. The van der Waals surface area contributed by atoms with Gasteiger partial charge in [0.05, 0.1) is 6.42 Å². The molecule has 3 aromatic rings. The van der Waals surface area contributed by atoms with Crippen LogP contribution >= 0.6 is 39.1 Å². The van der Waals surface area contributed by atoms with Crippen molar-refractivity contribution in [3.63, 3.8) is 0 Å². The van der Waals surface area contributed by atoms with Gasteiger partial charge in [-0.05, 0) is 53.8 Å². The fraction of sp³-hybridized carbons (Fsp3) is 0.310. The van der Waals surface area contributed by atoms with Crippen LogP contribution in [0.15, 0.2) is 77.3 Å². The fourth-order valence-electron chi connectivity index (χ4n) is 4.64. The third-order valence-corrected chi connectivity index (χ3v) is 7.71. The molecule has 0 spiro atoms. The molecule has 7 heteroatoms. The van der Waals surface area contributed by atoms with E-state index < -0.39 is 6.04 Å². The van der Waals surface area contributed by atoms with Crippen molar-refractivity contribution in [1.82, 2.24) is 10.2 Å². The maximum atomic E-state index is 13.8. The molecule has 188 valence electrons. The molecule has 4 rings (SSSR count). The van der Waals surface area contributed by atoms with Crippen LogP contribution in [0.2, 0.25) is 10.0 Å². The van der Waals surface area contributed by atoms with Crippen molar-refractivity contribution >= 4 is 50.9 Å². The molecular formula is C29H29BrCl2N2O2. The van der Waals surface area contributed by atoms with E-state index in [0.29, 0.717) is 28.6 Å². The SMILES string of the molecule is O=C(NC1CCCC1)[C@@H](Cc1ccccc1)N(Cc1ccc(Br)cc1)C(=O)Cc1ccc(Cl)cc1Cl. The molecule has 1 fully saturated rings. The average Bonchev–Trinajstić information content (AvgIpc) is 3.38. The zero-order valence-corrected chi connectivity index (χ0v) is 23.0. The molecule has 0 bridgehead atoms. The van der Waals surface area contributed by atoms with E-state index in [1.807, 2.05) is 54.6 Å². The number of carbonyl (C=O) groups is 2. The van der Waals surface area contributed by atoms with Crippen LogP contribution in [0.5, 0.6) is 0 Å². The summed E-state index contributed by atoms with van der Waals surface area (Å²) in [5.74, 6) is -0.275. The maximum Gasteiger partial charge on any atom is 0.243 e. The third kappa shape index (κ3) is 7.34. The average molecular weight is 588 g/mol. The topological polar surface area (TPSA) is 49.4 Å². The molecular weight excluding hydrogens is 559 g/mol. The molecule has 2 amide bonds. The molecule has 0 unspecified atom stereocenters. The molecule has 0 aromatic heterocycles. The zero-order chi connectivity index (χ0) is 25.5. The van der Waals surface area contributed by atoms with Gasteiger partial charge in [0.25, 0.3) is 0 Å². The smallest absolute Gasteiger partial charge is 0.243 e. The Kier molecular flexibility index (Phi) is 9.47. The van der Waals surface area contributed by atoms with Crippen LogP contribution in [0.1, 0.15) is 42.4 Å². The van der Waals surface area contributed by atoms with E-state index in [-0.39, 0.29) is 24.3 Å². The van der Waals surface area contributed by atoms with Gasteiger partial charge in [0.2, 0.25) is 11.8 Å². The Morgan fingerprint density at radius 1 is 0.944 bits per heavy atom.